The normalized spacial score (nSPS) is 11.7. The molecule has 5 aromatic carbocycles. The van der Waals surface area contributed by atoms with Gasteiger partial charge in [0.25, 0.3) is 0 Å². The van der Waals surface area contributed by atoms with E-state index in [1.165, 1.54) is 11.1 Å². The Labute approximate surface area is 262 Å². The summed E-state index contributed by atoms with van der Waals surface area (Å²) in [6.45, 7) is 12.0. The topological polar surface area (TPSA) is 79.4 Å². The number of aromatic nitrogens is 7. The van der Waals surface area contributed by atoms with Gasteiger partial charge in [-0.15, -0.1) is 5.10 Å². The molecule has 0 aliphatic carbocycles. The summed E-state index contributed by atoms with van der Waals surface area (Å²) >= 11 is 0. The van der Waals surface area contributed by atoms with Crippen LogP contribution in [0, 0.1) is 20.4 Å². The number of para-hydroxylation sites is 2. The predicted molar refractivity (Wildman–Crippen MR) is 180 cm³/mol. The Morgan fingerprint density at radius 3 is 2.30 bits per heavy atom. The van der Waals surface area contributed by atoms with E-state index in [2.05, 4.69) is 97.9 Å². The SMILES string of the molecule is [C-]#[N+]c1cccc2c1c1ccc(Oc3ccc4c5ccccc5n(-c5nccn5-c5c(C)cccc5C)c4c3)cc1c1nnnn21. The molecule has 0 fully saturated rings. The first kappa shape index (κ1) is 25.9. The van der Waals surface area contributed by atoms with E-state index in [1.807, 2.05) is 54.9 Å². The second-order valence-electron chi connectivity index (χ2n) is 11.4. The molecule has 218 valence electrons. The van der Waals surface area contributed by atoms with Crippen LogP contribution >= 0.6 is 0 Å². The molecular formula is C37H24N8O. The van der Waals surface area contributed by atoms with Crippen molar-refractivity contribution in [2.45, 2.75) is 13.8 Å². The van der Waals surface area contributed by atoms with Gasteiger partial charge in [0.15, 0.2) is 11.3 Å². The Bertz CT molecular complexity index is 2710. The minimum absolute atomic E-state index is 0.547. The van der Waals surface area contributed by atoms with Gasteiger partial charge in [-0.2, -0.15) is 4.52 Å². The van der Waals surface area contributed by atoms with Crippen molar-refractivity contribution >= 4 is 54.8 Å². The number of rotatable bonds is 4. The van der Waals surface area contributed by atoms with Crippen molar-refractivity contribution in [1.82, 2.24) is 34.2 Å². The monoisotopic (exact) mass is 596 g/mol. The van der Waals surface area contributed by atoms with E-state index in [-0.39, 0.29) is 0 Å². The molecule has 9 aromatic rings. The lowest BCUT2D eigenvalue weighted by atomic mass is 10.0. The lowest BCUT2D eigenvalue weighted by Gasteiger charge is -2.16. The first-order chi connectivity index (χ1) is 22.6. The second-order valence-corrected chi connectivity index (χ2v) is 11.4. The minimum atomic E-state index is 0.547. The zero-order valence-corrected chi connectivity index (χ0v) is 24.9. The highest BCUT2D eigenvalue weighted by atomic mass is 16.5. The summed E-state index contributed by atoms with van der Waals surface area (Å²) in [6.07, 6.45) is 3.87. The summed E-state index contributed by atoms with van der Waals surface area (Å²) in [5, 5.41) is 17.2. The summed E-state index contributed by atoms with van der Waals surface area (Å²) < 4.78 is 12.6. The third-order valence-corrected chi connectivity index (χ3v) is 8.72. The number of fused-ring (bicyclic) bond motifs is 9. The van der Waals surface area contributed by atoms with Crippen LogP contribution in [0.25, 0.3) is 65.6 Å². The van der Waals surface area contributed by atoms with Crippen molar-refractivity contribution in [3.63, 3.8) is 0 Å². The molecule has 9 nitrogen and oxygen atoms in total. The van der Waals surface area contributed by atoms with Gasteiger partial charge in [0.1, 0.15) is 11.5 Å². The fraction of sp³-hybridized carbons (Fsp3) is 0.0541. The maximum Gasteiger partial charge on any atom is 0.219 e. The first-order valence-corrected chi connectivity index (χ1v) is 14.9. The quantitative estimate of drug-likeness (QED) is 0.150. The number of imidazole rings is 1. The molecule has 0 radical (unpaired) electrons. The average molecular weight is 597 g/mol. The highest BCUT2D eigenvalue weighted by molar-refractivity contribution is 6.16. The van der Waals surface area contributed by atoms with Gasteiger partial charge in [0.2, 0.25) is 5.95 Å². The summed E-state index contributed by atoms with van der Waals surface area (Å²) in [6, 6.07) is 32.3. The maximum absolute atomic E-state index is 7.75. The summed E-state index contributed by atoms with van der Waals surface area (Å²) in [5.41, 5.74) is 7.44. The van der Waals surface area contributed by atoms with E-state index >= 15 is 0 Å². The molecule has 0 amide bonds. The van der Waals surface area contributed by atoms with Gasteiger partial charge in [-0.1, -0.05) is 54.6 Å². The van der Waals surface area contributed by atoms with E-state index in [0.717, 1.165) is 55.1 Å². The fourth-order valence-electron chi connectivity index (χ4n) is 6.77. The van der Waals surface area contributed by atoms with Gasteiger partial charge < -0.3 is 4.74 Å². The van der Waals surface area contributed by atoms with Crippen LogP contribution in [-0.2, 0) is 0 Å². The zero-order valence-electron chi connectivity index (χ0n) is 24.9. The van der Waals surface area contributed by atoms with Gasteiger partial charge in [0, 0.05) is 40.0 Å². The molecule has 4 heterocycles. The molecule has 0 unspecified atom stereocenters. The van der Waals surface area contributed by atoms with Crippen molar-refractivity contribution in [1.29, 1.82) is 0 Å². The number of hydrogen-bond donors (Lipinski definition) is 0. The molecule has 0 aliphatic rings. The van der Waals surface area contributed by atoms with Gasteiger partial charge >= 0.3 is 0 Å². The van der Waals surface area contributed by atoms with Gasteiger partial charge in [-0.25, -0.2) is 9.83 Å². The number of benzene rings is 5. The Balaban J connectivity index is 1.22. The van der Waals surface area contributed by atoms with E-state index in [9.17, 15) is 0 Å². The number of tetrazole rings is 1. The molecule has 0 aliphatic heterocycles. The van der Waals surface area contributed by atoms with E-state index in [0.29, 0.717) is 22.8 Å². The molecule has 9 rings (SSSR count). The van der Waals surface area contributed by atoms with Crippen molar-refractivity contribution in [3.8, 4) is 23.1 Å². The van der Waals surface area contributed by atoms with Gasteiger partial charge in [-0.05, 0) is 77.2 Å². The average Bonchev–Trinajstić information content (AvgIpc) is 3.82. The standard InChI is InChI=1S/C37H24N8O/c1-22-8-6-9-23(2)35(22)43-19-18-39-37(43)44-31-12-5-4-10-26(31)27-16-14-25(21-33(27)44)46-24-15-17-28-29(20-24)36-40-41-42-45(36)32-13-7-11-30(38-3)34(28)32/h4-21H,1-2H3. The number of ether oxygens (including phenoxy) is 1. The molecule has 46 heavy (non-hydrogen) atoms. The zero-order chi connectivity index (χ0) is 30.9. The van der Waals surface area contributed by atoms with Crippen LogP contribution in [0.5, 0.6) is 11.5 Å². The van der Waals surface area contributed by atoms with Crippen molar-refractivity contribution in [2.75, 3.05) is 0 Å². The second kappa shape index (κ2) is 9.74. The minimum Gasteiger partial charge on any atom is -0.457 e. The summed E-state index contributed by atoms with van der Waals surface area (Å²) in [7, 11) is 0. The highest BCUT2D eigenvalue weighted by Crippen LogP contribution is 2.39. The Hall–Kier alpha value is -6.53. The van der Waals surface area contributed by atoms with Crippen LogP contribution < -0.4 is 4.74 Å². The Morgan fingerprint density at radius 1 is 0.717 bits per heavy atom. The molecule has 0 saturated carbocycles. The van der Waals surface area contributed by atoms with E-state index < -0.39 is 0 Å². The Morgan fingerprint density at radius 2 is 1.46 bits per heavy atom. The van der Waals surface area contributed by atoms with Gasteiger partial charge in [-0.3, -0.25) is 9.13 Å². The molecule has 4 aromatic heterocycles. The molecule has 0 saturated heterocycles. The number of hydrogen-bond acceptors (Lipinski definition) is 5. The van der Waals surface area contributed by atoms with Crippen LogP contribution in [0.2, 0.25) is 0 Å². The fourth-order valence-corrected chi connectivity index (χ4v) is 6.77. The molecule has 0 spiro atoms. The molecule has 0 bridgehead atoms. The maximum atomic E-state index is 7.75. The lowest BCUT2D eigenvalue weighted by Crippen LogP contribution is -2.07. The van der Waals surface area contributed by atoms with Crippen molar-refractivity contribution in [2.24, 2.45) is 0 Å². The first-order valence-electron chi connectivity index (χ1n) is 14.9. The largest absolute Gasteiger partial charge is 0.457 e. The third-order valence-electron chi connectivity index (χ3n) is 8.72. The van der Waals surface area contributed by atoms with E-state index in [4.69, 9.17) is 16.3 Å². The molecule has 9 heteroatoms. The van der Waals surface area contributed by atoms with E-state index in [1.54, 1.807) is 4.52 Å². The number of nitrogens with zero attached hydrogens (tertiary/aromatic N) is 8. The van der Waals surface area contributed by atoms with Crippen LogP contribution in [0.3, 0.4) is 0 Å². The number of aryl methyl sites for hydroxylation is 2. The smallest absolute Gasteiger partial charge is 0.219 e. The van der Waals surface area contributed by atoms with Crippen LogP contribution in [0.1, 0.15) is 11.1 Å². The molecule has 0 atom stereocenters. The van der Waals surface area contributed by atoms with Crippen molar-refractivity contribution in [3.05, 3.63) is 132 Å². The van der Waals surface area contributed by atoms with Crippen LogP contribution in [-0.4, -0.2) is 34.2 Å². The predicted octanol–water partition coefficient (Wildman–Crippen LogP) is 8.67. The van der Waals surface area contributed by atoms with Crippen LogP contribution in [0.15, 0.2) is 109 Å². The van der Waals surface area contributed by atoms with Crippen LogP contribution in [0.4, 0.5) is 5.69 Å². The molecule has 0 N–H and O–H groups in total. The Kier molecular flexibility index (Phi) is 5.49. The third kappa shape index (κ3) is 3.67. The summed E-state index contributed by atoms with van der Waals surface area (Å²) in [4.78, 5) is 8.64. The molecular weight excluding hydrogens is 572 g/mol. The summed E-state index contributed by atoms with van der Waals surface area (Å²) in [5.74, 6) is 2.12. The lowest BCUT2D eigenvalue weighted by molar-refractivity contribution is 0.484. The highest BCUT2D eigenvalue weighted by Gasteiger charge is 2.19. The van der Waals surface area contributed by atoms with Gasteiger partial charge in [0.05, 0.1) is 28.8 Å². The number of pyridine rings is 1. The van der Waals surface area contributed by atoms with Crippen molar-refractivity contribution < 1.29 is 4.74 Å².